The lowest BCUT2D eigenvalue weighted by molar-refractivity contribution is 0.363. The fourth-order valence-electron chi connectivity index (χ4n) is 2.61. The third-order valence-corrected chi connectivity index (χ3v) is 4.12. The maximum Gasteiger partial charge on any atom is 0.161 e. The Balaban J connectivity index is 1.96. The molecule has 17 heavy (non-hydrogen) atoms. The van der Waals surface area contributed by atoms with Crippen molar-refractivity contribution in [3.63, 3.8) is 0 Å². The number of phenols is 2. The Kier molecular flexibility index (Phi) is 3.57. The van der Waals surface area contributed by atoms with Crippen LogP contribution in [0.5, 0.6) is 11.5 Å². The van der Waals surface area contributed by atoms with Crippen LogP contribution in [0.3, 0.4) is 0 Å². The lowest BCUT2D eigenvalue weighted by Crippen LogP contribution is -2.31. The summed E-state index contributed by atoms with van der Waals surface area (Å²) in [6, 6.07) is 5.61. The minimum Gasteiger partial charge on any atom is -0.504 e. The van der Waals surface area contributed by atoms with Crippen LogP contribution in [0.4, 0.5) is 0 Å². The van der Waals surface area contributed by atoms with Crippen LogP contribution in [0.2, 0.25) is 0 Å². The van der Waals surface area contributed by atoms with Crippen molar-refractivity contribution in [1.29, 1.82) is 0 Å². The van der Waals surface area contributed by atoms with Crippen LogP contribution in [0.15, 0.2) is 18.2 Å². The van der Waals surface area contributed by atoms with Gasteiger partial charge in [0.15, 0.2) is 11.5 Å². The van der Waals surface area contributed by atoms with Crippen LogP contribution in [0.1, 0.15) is 32.3 Å². The van der Waals surface area contributed by atoms with E-state index in [0.29, 0.717) is 18.5 Å². The van der Waals surface area contributed by atoms with Crippen molar-refractivity contribution in [2.75, 3.05) is 0 Å². The molecule has 1 aromatic rings. The van der Waals surface area contributed by atoms with Crippen molar-refractivity contribution < 1.29 is 10.2 Å². The molecule has 0 aromatic heterocycles. The standard InChI is InChI=1S/C14H21NO2/c1-9-6-7-12(10(9)2)15-8-11-4-3-5-13(16)14(11)17/h3-5,9-10,12,15-17H,6-8H2,1-2H3. The van der Waals surface area contributed by atoms with Crippen LogP contribution < -0.4 is 5.32 Å². The molecule has 3 unspecified atom stereocenters. The molecule has 3 heteroatoms. The van der Waals surface area contributed by atoms with Gasteiger partial charge in [0, 0.05) is 18.2 Å². The van der Waals surface area contributed by atoms with Crippen molar-refractivity contribution >= 4 is 0 Å². The molecule has 0 radical (unpaired) electrons. The number of nitrogens with one attached hydrogen (secondary N) is 1. The van der Waals surface area contributed by atoms with Gasteiger partial charge in [-0.2, -0.15) is 0 Å². The van der Waals surface area contributed by atoms with Gasteiger partial charge in [0.05, 0.1) is 0 Å². The highest BCUT2D eigenvalue weighted by molar-refractivity contribution is 5.44. The minimum absolute atomic E-state index is 0.00121. The van der Waals surface area contributed by atoms with E-state index in [1.165, 1.54) is 18.9 Å². The van der Waals surface area contributed by atoms with Crippen LogP contribution in [0.25, 0.3) is 0 Å². The Morgan fingerprint density at radius 1 is 1.24 bits per heavy atom. The number of phenolic OH excluding ortho intramolecular Hbond substituents is 2. The first kappa shape index (κ1) is 12.2. The second-order valence-corrected chi connectivity index (χ2v) is 5.19. The van der Waals surface area contributed by atoms with Gasteiger partial charge >= 0.3 is 0 Å². The number of para-hydroxylation sites is 1. The van der Waals surface area contributed by atoms with E-state index < -0.39 is 0 Å². The smallest absolute Gasteiger partial charge is 0.161 e. The zero-order valence-electron chi connectivity index (χ0n) is 10.5. The van der Waals surface area contributed by atoms with Crippen LogP contribution in [0, 0.1) is 11.8 Å². The fourth-order valence-corrected chi connectivity index (χ4v) is 2.61. The highest BCUT2D eigenvalue weighted by Gasteiger charge is 2.29. The Bertz CT molecular complexity index is 392. The SMILES string of the molecule is CC1CCC(NCc2cccc(O)c2O)C1C. The molecule has 0 bridgehead atoms. The number of aromatic hydroxyl groups is 2. The predicted octanol–water partition coefficient (Wildman–Crippen LogP) is 2.62. The summed E-state index contributed by atoms with van der Waals surface area (Å²) >= 11 is 0. The van der Waals surface area contributed by atoms with Gasteiger partial charge in [0.25, 0.3) is 0 Å². The predicted molar refractivity (Wildman–Crippen MR) is 68.0 cm³/mol. The molecule has 0 saturated heterocycles. The summed E-state index contributed by atoms with van der Waals surface area (Å²) in [6.45, 7) is 5.18. The highest BCUT2D eigenvalue weighted by atomic mass is 16.3. The van der Waals surface area contributed by atoms with E-state index in [-0.39, 0.29) is 11.5 Å². The molecule has 1 aromatic carbocycles. The van der Waals surface area contributed by atoms with Gasteiger partial charge in [-0.1, -0.05) is 26.0 Å². The van der Waals surface area contributed by atoms with E-state index in [9.17, 15) is 10.2 Å². The fraction of sp³-hybridized carbons (Fsp3) is 0.571. The third-order valence-electron chi connectivity index (χ3n) is 4.12. The first-order valence-electron chi connectivity index (χ1n) is 6.32. The van der Waals surface area contributed by atoms with E-state index in [4.69, 9.17) is 0 Å². The van der Waals surface area contributed by atoms with Gasteiger partial charge in [0.1, 0.15) is 0 Å². The maximum absolute atomic E-state index is 9.70. The van der Waals surface area contributed by atoms with Gasteiger partial charge in [-0.25, -0.2) is 0 Å². The molecule has 3 N–H and O–H groups in total. The second kappa shape index (κ2) is 4.96. The zero-order valence-corrected chi connectivity index (χ0v) is 10.5. The molecule has 1 fully saturated rings. The lowest BCUT2D eigenvalue weighted by atomic mass is 9.97. The van der Waals surface area contributed by atoms with E-state index >= 15 is 0 Å². The molecule has 0 heterocycles. The van der Waals surface area contributed by atoms with Crippen LogP contribution in [-0.4, -0.2) is 16.3 Å². The van der Waals surface area contributed by atoms with Gasteiger partial charge < -0.3 is 15.5 Å². The summed E-state index contributed by atoms with van der Waals surface area (Å²) in [4.78, 5) is 0. The Morgan fingerprint density at radius 2 is 2.00 bits per heavy atom. The van der Waals surface area contributed by atoms with Gasteiger partial charge in [-0.3, -0.25) is 0 Å². The molecular weight excluding hydrogens is 214 g/mol. The zero-order chi connectivity index (χ0) is 12.4. The summed E-state index contributed by atoms with van der Waals surface area (Å²) in [5.74, 6) is 1.40. The van der Waals surface area contributed by atoms with Gasteiger partial charge in [0.2, 0.25) is 0 Å². The van der Waals surface area contributed by atoms with E-state index in [2.05, 4.69) is 19.2 Å². The molecule has 3 atom stereocenters. The van der Waals surface area contributed by atoms with Crippen molar-refractivity contribution in [2.45, 2.75) is 39.3 Å². The molecule has 1 aliphatic rings. The van der Waals surface area contributed by atoms with Crippen LogP contribution in [-0.2, 0) is 6.54 Å². The van der Waals surface area contributed by atoms with Crippen LogP contribution >= 0.6 is 0 Å². The van der Waals surface area contributed by atoms with Gasteiger partial charge in [-0.15, -0.1) is 0 Å². The lowest BCUT2D eigenvalue weighted by Gasteiger charge is -2.20. The first-order chi connectivity index (χ1) is 8.09. The normalized spacial score (nSPS) is 28.5. The Labute approximate surface area is 102 Å². The van der Waals surface area contributed by atoms with E-state index in [1.54, 1.807) is 6.07 Å². The quantitative estimate of drug-likeness (QED) is 0.706. The molecule has 0 spiro atoms. The average Bonchev–Trinajstić information content (AvgIpc) is 2.62. The molecule has 1 aliphatic carbocycles. The molecule has 94 valence electrons. The summed E-state index contributed by atoms with van der Waals surface area (Å²) in [6.07, 6.45) is 2.47. The number of hydrogen-bond donors (Lipinski definition) is 3. The summed E-state index contributed by atoms with van der Waals surface area (Å²) in [5.41, 5.74) is 0.761. The summed E-state index contributed by atoms with van der Waals surface area (Å²) in [7, 11) is 0. The molecule has 3 nitrogen and oxygen atoms in total. The average molecular weight is 235 g/mol. The maximum atomic E-state index is 9.70. The number of benzene rings is 1. The summed E-state index contributed by atoms with van der Waals surface area (Å²) < 4.78 is 0. The molecule has 2 rings (SSSR count). The second-order valence-electron chi connectivity index (χ2n) is 5.19. The van der Waals surface area contributed by atoms with Gasteiger partial charge in [-0.05, 0) is 30.7 Å². The van der Waals surface area contributed by atoms with E-state index in [0.717, 1.165) is 11.5 Å². The van der Waals surface area contributed by atoms with E-state index in [1.807, 2.05) is 6.07 Å². The van der Waals surface area contributed by atoms with Crippen molar-refractivity contribution in [2.24, 2.45) is 11.8 Å². The Morgan fingerprint density at radius 3 is 2.65 bits per heavy atom. The Hall–Kier alpha value is -1.22. The first-order valence-corrected chi connectivity index (χ1v) is 6.32. The topological polar surface area (TPSA) is 52.5 Å². The minimum atomic E-state index is -0.0443. The largest absolute Gasteiger partial charge is 0.504 e. The van der Waals surface area contributed by atoms with Crippen molar-refractivity contribution in [3.8, 4) is 11.5 Å². The molecular formula is C14H21NO2. The van der Waals surface area contributed by atoms with Crippen molar-refractivity contribution in [1.82, 2.24) is 5.32 Å². The monoisotopic (exact) mass is 235 g/mol. The molecule has 0 amide bonds. The number of hydrogen-bond acceptors (Lipinski definition) is 3. The molecule has 0 aliphatic heterocycles. The number of rotatable bonds is 3. The summed E-state index contributed by atoms with van der Waals surface area (Å²) in [5, 5.41) is 22.6. The van der Waals surface area contributed by atoms with Crippen molar-refractivity contribution in [3.05, 3.63) is 23.8 Å². The molecule has 1 saturated carbocycles. The highest BCUT2D eigenvalue weighted by Crippen LogP contribution is 2.32. The third kappa shape index (κ3) is 2.55.